The maximum absolute atomic E-state index is 6.16. The Bertz CT molecular complexity index is 3190. The van der Waals surface area contributed by atoms with Gasteiger partial charge in [0.15, 0.2) is 5.58 Å². The predicted octanol–water partition coefficient (Wildman–Crippen LogP) is 13.5. The fourth-order valence-corrected chi connectivity index (χ4v) is 8.11. The number of fused-ring (bicyclic) bond motifs is 9. The number of hydrogen-bond donors (Lipinski definition) is 0. The van der Waals surface area contributed by atoms with E-state index in [4.69, 9.17) is 4.42 Å². The summed E-state index contributed by atoms with van der Waals surface area (Å²) in [7, 11) is 0. The first-order chi connectivity index (χ1) is 26.3. The highest BCUT2D eigenvalue weighted by Crippen LogP contribution is 2.41. The number of para-hydroxylation sites is 1. The van der Waals surface area contributed by atoms with Gasteiger partial charge in [0.25, 0.3) is 0 Å². The number of hydrogen-bond acceptors (Lipinski definition) is 3. The van der Waals surface area contributed by atoms with Gasteiger partial charge in [0.05, 0.1) is 11.0 Å². The second-order valence-electron chi connectivity index (χ2n) is 13.6. The molecule has 8 aromatic carbocycles. The van der Waals surface area contributed by atoms with Gasteiger partial charge in [-0.05, 0) is 100 Å². The molecule has 11 aromatic rings. The Morgan fingerprint density at radius 2 is 1.17 bits per heavy atom. The summed E-state index contributed by atoms with van der Waals surface area (Å²) in [6.07, 6.45) is 1.82. The Balaban J connectivity index is 1.05. The minimum Gasteiger partial charge on any atom is -0.454 e. The summed E-state index contributed by atoms with van der Waals surface area (Å²) in [5.74, 6) is 0. The molecule has 11 rings (SSSR count). The third-order valence-electron chi connectivity index (χ3n) is 10.6. The lowest BCUT2D eigenvalue weighted by Crippen LogP contribution is -2.10. The van der Waals surface area contributed by atoms with Crippen LogP contribution in [0.3, 0.4) is 0 Å². The summed E-state index contributed by atoms with van der Waals surface area (Å²) >= 11 is 0. The van der Waals surface area contributed by atoms with Gasteiger partial charge in [0, 0.05) is 50.5 Å². The van der Waals surface area contributed by atoms with Gasteiger partial charge in [-0.25, -0.2) is 0 Å². The van der Waals surface area contributed by atoms with E-state index in [1.165, 1.54) is 43.4 Å². The van der Waals surface area contributed by atoms with Crippen molar-refractivity contribution in [2.75, 3.05) is 4.90 Å². The molecule has 0 unspecified atom stereocenters. The Kier molecular flexibility index (Phi) is 6.52. The van der Waals surface area contributed by atoms with Crippen LogP contribution in [0, 0.1) is 0 Å². The van der Waals surface area contributed by atoms with Crippen LogP contribution in [0.25, 0.3) is 82.2 Å². The first-order valence-electron chi connectivity index (χ1n) is 17.9. The molecule has 248 valence electrons. The minimum absolute atomic E-state index is 0.788. The topological polar surface area (TPSA) is 34.2 Å². The van der Waals surface area contributed by atoms with Gasteiger partial charge < -0.3 is 13.9 Å². The standard InChI is InChI=1S/C49H31N3O/c1-2-11-35-30-39(24-20-32(35)9-1)51(40-25-27-46-44(31-40)48-47(53-46)17-8-28-50-48)38-13-7-12-36(29-38)33-18-22-37(23-19-33)52-45-16-6-5-15-42(45)43-26-21-34-10-3-4-14-41(34)49(43)52/h1-31H. The van der Waals surface area contributed by atoms with Crippen LogP contribution in [-0.4, -0.2) is 9.55 Å². The van der Waals surface area contributed by atoms with Crippen LogP contribution in [-0.2, 0) is 0 Å². The van der Waals surface area contributed by atoms with Crippen LogP contribution in [0.1, 0.15) is 0 Å². The Morgan fingerprint density at radius 1 is 0.434 bits per heavy atom. The van der Waals surface area contributed by atoms with Crippen LogP contribution in [0.4, 0.5) is 17.1 Å². The molecule has 4 heteroatoms. The molecule has 0 saturated carbocycles. The summed E-state index contributed by atoms with van der Waals surface area (Å²) in [6, 6.07) is 65.2. The van der Waals surface area contributed by atoms with Crippen molar-refractivity contribution in [1.29, 1.82) is 0 Å². The quantitative estimate of drug-likeness (QED) is 0.182. The van der Waals surface area contributed by atoms with E-state index >= 15 is 0 Å². The molecular formula is C49H31N3O. The van der Waals surface area contributed by atoms with Crippen LogP contribution >= 0.6 is 0 Å². The molecule has 0 amide bonds. The SMILES string of the molecule is c1cc(-c2ccc(-n3c4ccccc4c4ccc5ccccc5c43)cc2)cc(N(c2ccc3ccccc3c2)c2ccc3oc4cccnc4c3c2)c1. The van der Waals surface area contributed by atoms with Crippen LogP contribution < -0.4 is 4.90 Å². The van der Waals surface area contributed by atoms with Crippen molar-refractivity contribution in [3.8, 4) is 16.8 Å². The van der Waals surface area contributed by atoms with Crippen molar-refractivity contribution in [3.63, 3.8) is 0 Å². The molecule has 0 aliphatic carbocycles. The Labute approximate surface area is 305 Å². The highest BCUT2D eigenvalue weighted by Gasteiger charge is 2.18. The monoisotopic (exact) mass is 677 g/mol. The zero-order valence-electron chi connectivity index (χ0n) is 28.6. The fraction of sp³-hybridized carbons (Fsp3) is 0. The summed E-state index contributed by atoms with van der Waals surface area (Å²) in [5, 5.41) is 8.42. The molecule has 0 saturated heterocycles. The van der Waals surface area contributed by atoms with Gasteiger partial charge >= 0.3 is 0 Å². The highest BCUT2D eigenvalue weighted by molar-refractivity contribution is 6.18. The third kappa shape index (κ3) is 4.73. The molecular weight excluding hydrogens is 647 g/mol. The first kappa shape index (κ1) is 29.5. The number of furan rings is 1. The fourth-order valence-electron chi connectivity index (χ4n) is 8.11. The normalized spacial score (nSPS) is 11.8. The minimum atomic E-state index is 0.788. The lowest BCUT2D eigenvalue weighted by Gasteiger charge is -2.26. The molecule has 53 heavy (non-hydrogen) atoms. The molecule has 0 aliphatic rings. The average Bonchev–Trinajstić information content (AvgIpc) is 3.77. The van der Waals surface area contributed by atoms with E-state index in [0.29, 0.717) is 0 Å². The molecule has 0 bridgehead atoms. The maximum atomic E-state index is 6.16. The Hall–Kier alpha value is -7.17. The lowest BCUT2D eigenvalue weighted by atomic mass is 10.0. The molecule has 3 heterocycles. The van der Waals surface area contributed by atoms with E-state index in [-0.39, 0.29) is 0 Å². The summed E-state index contributed by atoms with van der Waals surface area (Å²) < 4.78 is 8.57. The van der Waals surface area contributed by atoms with E-state index in [1.54, 1.807) is 0 Å². The smallest absolute Gasteiger partial charge is 0.153 e. The van der Waals surface area contributed by atoms with Crippen LogP contribution in [0.2, 0.25) is 0 Å². The summed E-state index contributed by atoms with van der Waals surface area (Å²) in [6.45, 7) is 0. The van der Waals surface area contributed by atoms with Gasteiger partial charge in [0.2, 0.25) is 0 Å². The number of benzene rings is 8. The second kappa shape index (κ2) is 11.7. The van der Waals surface area contributed by atoms with Gasteiger partial charge in [-0.2, -0.15) is 0 Å². The van der Waals surface area contributed by atoms with E-state index in [1.807, 2.05) is 18.3 Å². The maximum Gasteiger partial charge on any atom is 0.153 e. The van der Waals surface area contributed by atoms with Crippen LogP contribution in [0.5, 0.6) is 0 Å². The van der Waals surface area contributed by atoms with Crippen molar-refractivity contribution in [3.05, 3.63) is 188 Å². The van der Waals surface area contributed by atoms with Crippen molar-refractivity contribution in [2.45, 2.75) is 0 Å². The van der Waals surface area contributed by atoms with E-state index in [2.05, 4.69) is 184 Å². The number of rotatable bonds is 5. The Morgan fingerprint density at radius 3 is 2.08 bits per heavy atom. The highest BCUT2D eigenvalue weighted by atomic mass is 16.3. The average molecular weight is 678 g/mol. The zero-order valence-corrected chi connectivity index (χ0v) is 28.6. The first-order valence-corrected chi connectivity index (χ1v) is 17.9. The molecule has 0 aliphatic heterocycles. The molecule has 0 fully saturated rings. The molecule has 0 radical (unpaired) electrons. The summed E-state index contributed by atoms with van der Waals surface area (Å²) in [4.78, 5) is 7.00. The number of nitrogens with zero attached hydrogens (tertiary/aromatic N) is 3. The van der Waals surface area contributed by atoms with E-state index < -0.39 is 0 Å². The third-order valence-corrected chi connectivity index (χ3v) is 10.6. The van der Waals surface area contributed by atoms with Crippen molar-refractivity contribution < 1.29 is 4.42 Å². The number of pyridine rings is 1. The van der Waals surface area contributed by atoms with E-state index in [9.17, 15) is 0 Å². The molecule has 0 spiro atoms. The van der Waals surface area contributed by atoms with Gasteiger partial charge in [-0.3, -0.25) is 4.98 Å². The number of aromatic nitrogens is 2. The van der Waals surface area contributed by atoms with Crippen molar-refractivity contribution in [2.24, 2.45) is 0 Å². The van der Waals surface area contributed by atoms with Gasteiger partial charge in [-0.15, -0.1) is 0 Å². The lowest BCUT2D eigenvalue weighted by molar-refractivity contribution is 0.668. The zero-order chi connectivity index (χ0) is 34.9. The predicted molar refractivity (Wildman–Crippen MR) is 221 cm³/mol. The largest absolute Gasteiger partial charge is 0.454 e. The number of anilines is 3. The molecule has 0 N–H and O–H groups in total. The molecule has 4 nitrogen and oxygen atoms in total. The van der Waals surface area contributed by atoms with Crippen molar-refractivity contribution >= 4 is 82.5 Å². The molecule has 3 aromatic heterocycles. The van der Waals surface area contributed by atoms with E-state index in [0.717, 1.165) is 55.9 Å². The molecule has 0 atom stereocenters. The van der Waals surface area contributed by atoms with Crippen molar-refractivity contribution in [1.82, 2.24) is 9.55 Å². The van der Waals surface area contributed by atoms with Gasteiger partial charge in [0.1, 0.15) is 11.1 Å². The summed E-state index contributed by atoms with van der Waals surface area (Å²) in [5.41, 5.74) is 11.5. The van der Waals surface area contributed by atoms with Crippen LogP contribution in [0.15, 0.2) is 193 Å². The second-order valence-corrected chi connectivity index (χ2v) is 13.6. The van der Waals surface area contributed by atoms with Gasteiger partial charge in [-0.1, -0.05) is 109 Å².